The van der Waals surface area contributed by atoms with Crippen LogP contribution in [0.5, 0.6) is 23.0 Å². The molecule has 0 spiro atoms. The Hall–Kier alpha value is -2.64. The second kappa shape index (κ2) is 6.83. The van der Waals surface area contributed by atoms with E-state index < -0.39 is 23.0 Å². The lowest BCUT2D eigenvalue weighted by molar-refractivity contribution is 0.318. The zero-order valence-corrected chi connectivity index (χ0v) is 15.3. The van der Waals surface area contributed by atoms with Gasteiger partial charge in [-0.15, -0.1) is 0 Å². The quantitative estimate of drug-likeness (QED) is 0.404. The van der Waals surface area contributed by atoms with Crippen molar-refractivity contribution in [3.63, 3.8) is 0 Å². The number of phenolic OH excluding ortho intramolecular Hbond substituents is 4. The van der Waals surface area contributed by atoms with Crippen molar-refractivity contribution in [3.8, 4) is 23.0 Å². The minimum atomic E-state index is -0.774. The van der Waals surface area contributed by atoms with E-state index in [1.54, 1.807) is 16.7 Å². The molecule has 1 aromatic heterocycles. The maximum atomic E-state index is 10.4. The largest absolute Gasteiger partial charge is 0.503 e. The lowest BCUT2D eigenvalue weighted by atomic mass is 10.2. The van der Waals surface area contributed by atoms with Gasteiger partial charge in [-0.25, -0.2) is 4.98 Å². The van der Waals surface area contributed by atoms with Gasteiger partial charge >= 0.3 is 0 Å². The fraction of sp³-hybridized carbons (Fsp3) is 0.316. The Morgan fingerprint density at radius 2 is 1.48 bits per heavy atom. The predicted molar refractivity (Wildman–Crippen MR) is 101 cm³/mol. The van der Waals surface area contributed by atoms with Crippen molar-refractivity contribution in [2.24, 2.45) is 0 Å². The summed E-state index contributed by atoms with van der Waals surface area (Å²) >= 11 is 5.96. The van der Waals surface area contributed by atoms with Gasteiger partial charge in [0, 0.05) is 11.6 Å². The van der Waals surface area contributed by atoms with E-state index in [2.05, 4.69) is 9.88 Å². The summed E-state index contributed by atoms with van der Waals surface area (Å²) < 4.78 is 1.76. The summed E-state index contributed by atoms with van der Waals surface area (Å²) in [5, 5.41) is 41.1. The molecular formula is C19H20ClN3O4. The zero-order valence-electron chi connectivity index (χ0n) is 14.6. The van der Waals surface area contributed by atoms with Crippen LogP contribution in [0.2, 0.25) is 5.02 Å². The van der Waals surface area contributed by atoms with Crippen LogP contribution in [-0.4, -0.2) is 48.0 Å². The number of halogens is 1. The van der Waals surface area contributed by atoms with Gasteiger partial charge in [-0.3, -0.25) is 4.90 Å². The number of aromatic hydroxyl groups is 4. The molecule has 0 unspecified atom stereocenters. The number of likely N-dealkylation sites (tertiary alicyclic amines) is 1. The smallest absolute Gasteiger partial charge is 0.206 e. The molecule has 8 heteroatoms. The molecular weight excluding hydrogens is 370 g/mol. The van der Waals surface area contributed by atoms with E-state index in [0.29, 0.717) is 23.9 Å². The number of fused-ring (bicyclic) bond motifs is 1. The topological polar surface area (TPSA) is 102 Å². The van der Waals surface area contributed by atoms with Crippen molar-refractivity contribution in [3.05, 3.63) is 40.7 Å². The highest BCUT2D eigenvalue weighted by Gasteiger charge is 2.26. The fourth-order valence-electron chi connectivity index (χ4n) is 3.56. The first-order valence-electron chi connectivity index (χ1n) is 8.77. The molecule has 1 aliphatic rings. The van der Waals surface area contributed by atoms with Gasteiger partial charge in [-0.05, 0) is 43.6 Å². The van der Waals surface area contributed by atoms with Gasteiger partial charge in [0.15, 0.2) is 11.5 Å². The van der Waals surface area contributed by atoms with Gasteiger partial charge in [0.1, 0.15) is 16.9 Å². The van der Waals surface area contributed by atoms with Crippen molar-refractivity contribution < 1.29 is 20.4 Å². The van der Waals surface area contributed by atoms with Gasteiger partial charge in [0.25, 0.3) is 0 Å². The second-order valence-electron chi connectivity index (χ2n) is 6.82. The van der Waals surface area contributed by atoms with Crippen LogP contribution in [0, 0.1) is 0 Å². The molecule has 1 saturated heterocycles. The molecule has 27 heavy (non-hydrogen) atoms. The van der Waals surface area contributed by atoms with E-state index in [1.807, 2.05) is 12.1 Å². The standard InChI is InChI=1S/C19H20ClN3O4/c20-12-5-3-11(4-6-12)9-23-13(10-22-7-1-2-8-22)21-14-15(23)17(25)19(27)18(26)16(14)24/h3-6,24-27H,1-2,7-10H2. The van der Waals surface area contributed by atoms with E-state index in [4.69, 9.17) is 11.6 Å². The first-order chi connectivity index (χ1) is 13.0. The van der Waals surface area contributed by atoms with Gasteiger partial charge in [-0.2, -0.15) is 0 Å². The Bertz CT molecular complexity index is 995. The van der Waals surface area contributed by atoms with Gasteiger partial charge in [-0.1, -0.05) is 23.7 Å². The molecule has 7 nitrogen and oxygen atoms in total. The van der Waals surface area contributed by atoms with Crippen LogP contribution >= 0.6 is 11.6 Å². The molecule has 3 aromatic rings. The Morgan fingerprint density at radius 3 is 2.15 bits per heavy atom. The zero-order chi connectivity index (χ0) is 19.1. The van der Waals surface area contributed by atoms with E-state index >= 15 is 0 Å². The highest BCUT2D eigenvalue weighted by molar-refractivity contribution is 6.30. The number of nitrogens with zero attached hydrogens (tertiary/aromatic N) is 3. The third kappa shape index (κ3) is 3.13. The summed E-state index contributed by atoms with van der Waals surface area (Å²) in [7, 11) is 0. The highest BCUT2D eigenvalue weighted by atomic mass is 35.5. The van der Waals surface area contributed by atoms with Gasteiger partial charge in [0.2, 0.25) is 11.5 Å². The molecule has 0 atom stereocenters. The van der Waals surface area contributed by atoms with Crippen LogP contribution in [0.25, 0.3) is 11.0 Å². The normalized spacial score (nSPS) is 15.0. The number of hydrogen-bond donors (Lipinski definition) is 4. The first kappa shape index (κ1) is 17.8. The Labute approximate surface area is 160 Å². The molecule has 1 aliphatic heterocycles. The van der Waals surface area contributed by atoms with Gasteiger partial charge in [0.05, 0.1) is 6.54 Å². The molecule has 0 bridgehead atoms. The average Bonchev–Trinajstić information content (AvgIpc) is 3.29. The number of aromatic nitrogens is 2. The maximum Gasteiger partial charge on any atom is 0.206 e. The summed E-state index contributed by atoms with van der Waals surface area (Å²) in [4.78, 5) is 6.71. The molecule has 142 valence electrons. The summed E-state index contributed by atoms with van der Waals surface area (Å²) in [6.45, 7) is 2.83. The molecule has 0 amide bonds. The minimum absolute atomic E-state index is 0.0611. The van der Waals surface area contributed by atoms with Crippen molar-refractivity contribution in [1.82, 2.24) is 14.5 Å². The summed E-state index contributed by atoms with van der Waals surface area (Å²) in [5.74, 6) is -1.95. The summed E-state index contributed by atoms with van der Waals surface area (Å²) in [6, 6.07) is 7.28. The van der Waals surface area contributed by atoms with Crippen molar-refractivity contribution in [1.29, 1.82) is 0 Å². The first-order valence-corrected chi connectivity index (χ1v) is 9.15. The predicted octanol–water partition coefficient (Wildman–Crippen LogP) is 3.16. The molecule has 4 rings (SSSR count). The molecule has 0 saturated carbocycles. The lowest BCUT2D eigenvalue weighted by Crippen LogP contribution is -2.21. The van der Waals surface area contributed by atoms with Crippen LogP contribution in [0.1, 0.15) is 24.2 Å². The Morgan fingerprint density at radius 1 is 0.852 bits per heavy atom. The molecule has 2 heterocycles. The summed E-state index contributed by atoms with van der Waals surface area (Å²) in [5.41, 5.74) is 1.17. The van der Waals surface area contributed by atoms with Crippen LogP contribution in [0.15, 0.2) is 24.3 Å². The Balaban J connectivity index is 1.87. The molecule has 2 aromatic carbocycles. The average molecular weight is 390 g/mol. The SMILES string of the molecule is Oc1c(O)c(O)c2c(nc(CN3CCCC3)n2Cc2ccc(Cl)cc2)c1O. The van der Waals surface area contributed by atoms with Crippen molar-refractivity contribution in [2.45, 2.75) is 25.9 Å². The number of rotatable bonds is 4. The van der Waals surface area contributed by atoms with E-state index in [9.17, 15) is 20.4 Å². The van der Waals surface area contributed by atoms with Gasteiger partial charge < -0.3 is 25.0 Å². The minimum Gasteiger partial charge on any atom is -0.503 e. The maximum absolute atomic E-state index is 10.4. The highest BCUT2D eigenvalue weighted by Crippen LogP contribution is 2.48. The summed E-state index contributed by atoms with van der Waals surface area (Å²) in [6.07, 6.45) is 2.24. The number of hydrogen-bond acceptors (Lipinski definition) is 6. The van der Waals surface area contributed by atoms with Crippen LogP contribution in [0.4, 0.5) is 0 Å². The fourth-order valence-corrected chi connectivity index (χ4v) is 3.68. The third-order valence-electron chi connectivity index (χ3n) is 4.99. The van der Waals surface area contributed by atoms with Crippen LogP contribution < -0.4 is 0 Å². The molecule has 0 aliphatic carbocycles. The molecule has 4 N–H and O–H groups in total. The number of imidazole rings is 1. The van der Waals surface area contributed by atoms with E-state index in [0.717, 1.165) is 31.5 Å². The number of benzene rings is 2. The van der Waals surface area contributed by atoms with E-state index in [1.165, 1.54) is 0 Å². The Kier molecular flexibility index (Phi) is 4.49. The monoisotopic (exact) mass is 389 g/mol. The third-order valence-corrected chi connectivity index (χ3v) is 5.24. The molecule has 1 fully saturated rings. The van der Waals surface area contributed by atoms with Crippen molar-refractivity contribution >= 4 is 22.6 Å². The second-order valence-corrected chi connectivity index (χ2v) is 7.25. The van der Waals surface area contributed by atoms with Crippen LogP contribution in [0.3, 0.4) is 0 Å². The molecule has 0 radical (unpaired) electrons. The van der Waals surface area contributed by atoms with Crippen LogP contribution in [-0.2, 0) is 13.1 Å². The van der Waals surface area contributed by atoms with Crippen molar-refractivity contribution in [2.75, 3.05) is 13.1 Å². The van der Waals surface area contributed by atoms with E-state index in [-0.39, 0.29) is 11.0 Å². The lowest BCUT2D eigenvalue weighted by Gasteiger charge is -2.16. The number of phenols is 4.